The summed E-state index contributed by atoms with van der Waals surface area (Å²) < 4.78 is 0. The van der Waals surface area contributed by atoms with Crippen LogP contribution in [0.25, 0.3) is 0 Å². The van der Waals surface area contributed by atoms with E-state index in [9.17, 15) is 0 Å². The Bertz CT molecular complexity index is 414. The van der Waals surface area contributed by atoms with Crippen molar-refractivity contribution in [3.8, 4) is 0 Å². The zero-order chi connectivity index (χ0) is 15.1. The molecular formula is C15H28N6. The van der Waals surface area contributed by atoms with Crippen molar-refractivity contribution in [2.75, 3.05) is 70.1 Å². The Morgan fingerprint density at radius 2 is 2.00 bits per heavy atom. The van der Waals surface area contributed by atoms with E-state index in [2.05, 4.69) is 51.0 Å². The smallest absolute Gasteiger partial charge is 0.227 e. The minimum absolute atomic E-state index is 0.850. The van der Waals surface area contributed by atoms with Gasteiger partial charge in [-0.15, -0.1) is 0 Å². The second-order valence-electron chi connectivity index (χ2n) is 5.75. The zero-order valence-electron chi connectivity index (χ0n) is 13.5. The average molecular weight is 292 g/mol. The fourth-order valence-electron chi connectivity index (χ4n) is 2.48. The lowest BCUT2D eigenvalue weighted by Gasteiger charge is -2.34. The third kappa shape index (κ3) is 5.13. The number of likely N-dealkylation sites (N-methyl/N-ethyl adjacent to an activating group) is 1. The van der Waals surface area contributed by atoms with E-state index in [0.717, 1.165) is 64.0 Å². The Labute approximate surface area is 128 Å². The van der Waals surface area contributed by atoms with Gasteiger partial charge < -0.3 is 20.0 Å². The van der Waals surface area contributed by atoms with Crippen LogP contribution in [0.2, 0.25) is 0 Å². The van der Waals surface area contributed by atoms with E-state index in [0.29, 0.717) is 0 Å². The lowest BCUT2D eigenvalue weighted by Crippen LogP contribution is -2.46. The normalized spacial score (nSPS) is 16.5. The highest BCUT2D eigenvalue weighted by molar-refractivity contribution is 5.41. The minimum atomic E-state index is 0.850. The number of nitrogens with zero attached hydrogens (tertiary/aromatic N) is 5. The molecular weight excluding hydrogens is 264 g/mol. The number of piperazine rings is 1. The highest BCUT2D eigenvalue weighted by atomic mass is 15.3. The molecule has 1 N–H and O–H groups in total. The van der Waals surface area contributed by atoms with Crippen molar-refractivity contribution in [3.05, 3.63) is 12.3 Å². The van der Waals surface area contributed by atoms with E-state index in [4.69, 9.17) is 0 Å². The first kappa shape index (κ1) is 16.0. The Hall–Kier alpha value is -1.40. The molecule has 1 saturated heterocycles. The van der Waals surface area contributed by atoms with E-state index in [-0.39, 0.29) is 0 Å². The first-order chi connectivity index (χ1) is 10.2. The maximum absolute atomic E-state index is 4.64. The molecule has 6 heteroatoms. The van der Waals surface area contributed by atoms with Crippen LogP contribution in [0.5, 0.6) is 0 Å². The van der Waals surface area contributed by atoms with Gasteiger partial charge in [0.1, 0.15) is 5.82 Å². The lowest BCUT2D eigenvalue weighted by molar-refractivity contribution is 0.270. The van der Waals surface area contributed by atoms with E-state index >= 15 is 0 Å². The summed E-state index contributed by atoms with van der Waals surface area (Å²) in [5, 5.41) is 3.38. The highest BCUT2D eigenvalue weighted by Crippen LogP contribution is 2.13. The van der Waals surface area contributed by atoms with Gasteiger partial charge >= 0.3 is 0 Å². The molecule has 1 aromatic rings. The largest absolute Gasteiger partial charge is 0.370 e. The summed E-state index contributed by atoms with van der Waals surface area (Å²) in [6, 6.07) is 1.95. The molecule has 0 aliphatic carbocycles. The predicted molar refractivity (Wildman–Crippen MR) is 88.0 cm³/mol. The van der Waals surface area contributed by atoms with E-state index in [1.54, 1.807) is 0 Å². The SMILES string of the molecule is CCN1CCN(c2nccc(NCCCN(C)C)n2)CC1. The molecule has 2 rings (SSSR count). The fraction of sp³-hybridized carbons (Fsp3) is 0.733. The topological polar surface area (TPSA) is 47.5 Å². The molecule has 118 valence electrons. The van der Waals surface area contributed by atoms with Gasteiger partial charge in [-0.25, -0.2) is 4.98 Å². The lowest BCUT2D eigenvalue weighted by atomic mass is 10.3. The second kappa shape index (κ2) is 8.14. The number of rotatable bonds is 7. The van der Waals surface area contributed by atoms with Gasteiger partial charge in [0.15, 0.2) is 0 Å². The van der Waals surface area contributed by atoms with Gasteiger partial charge in [0.25, 0.3) is 0 Å². The number of aromatic nitrogens is 2. The van der Waals surface area contributed by atoms with Crippen molar-refractivity contribution in [1.29, 1.82) is 0 Å². The summed E-state index contributed by atoms with van der Waals surface area (Å²) >= 11 is 0. The molecule has 2 heterocycles. The maximum Gasteiger partial charge on any atom is 0.227 e. The molecule has 0 spiro atoms. The quantitative estimate of drug-likeness (QED) is 0.756. The minimum Gasteiger partial charge on any atom is -0.370 e. The number of nitrogens with one attached hydrogen (secondary N) is 1. The van der Waals surface area contributed by atoms with Crippen LogP contribution < -0.4 is 10.2 Å². The van der Waals surface area contributed by atoms with Gasteiger partial charge in [0, 0.05) is 38.9 Å². The molecule has 6 nitrogen and oxygen atoms in total. The first-order valence-corrected chi connectivity index (χ1v) is 7.88. The molecule has 1 aromatic heterocycles. The Kier molecular flexibility index (Phi) is 6.20. The molecule has 0 amide bonds. The molecule has 1 aliphatic rings. The van der Waals surface area contributed by atoms with E-state index < -0.39 is 0 Å². The molecule has 0 aromatic carbocycles. The second-order valence-corrected chi connectivity index (χ2v) is 5.75. The summed E-state index contributed by atoms with van der Waals surface area (Å²) in [4.78, 5) is 16.0. The fourth-order valence-corrected chi connectivity index (χ4v) is 2.48. The Morgan fingerprint density at radius 3 is 2.67 bits per heavy atom. The van der Waals surface area contributed by atoms with Gasteiger partial charge in [-0.2, -0.15) is 4.98 Å². The third-order valence-electron chi connectivity index (χ3n) is 3.83. The number of hydrogen-bond donors (Lipinski definition) is 1. The molecule has 0 atom stereocenters. The standard InChI is InChI=1S/C15H28N6/c1-4-20-10-12-21(13-11-20)15-17-8-6-14(18-15)16-7-5-9-19(2)3/h6,8H,4-5,7,9-13H2,1-3H3,(H,16,17,18). The first-order valence-electron chi connectivity index (χ1n) is 7.88. The van der Waals surface area contributed by atoms with Crippen molar-refractivity contribution in [3.63, 3.8) is 0 Å². The number of hydrogen-bond acceptors (Lipinski definition) is 6. The summed E-state index contributed by atoms with van der Waals surface area (Å²) in [6.07, 6.45) is 2.96. The van der Waals surface area contributed by atoms with Gasteiger partial charge in [0.2, 0.25) is 5.95 Å². The van der Waals surface area contributed by atoms with E-state index in [1.165, 1.54) is 0 Å². The van der Waals surface area contributed by atoms with Crippen molar-refractivity contribution >= 4 is 11.8 Å². The predicted octanol–water partition coefficient (Wildman–Crippen LogP) is 0.982. The van der Waals surface area contributed by atoms with Crippen LogP contribution in [0, 0.1) is 0 Å². The summed E-state index contributed by atoms with van der Waals surface area (Å²) in [7, 11) is 4.19. The molecule has 0 bridgehead atoms. The van der Waals surface area contributed by atoms with Crippen LogP contribution in [0.1, 0.15) is 13.3 Å². The summed E-state index contributed by atoms with van der Waals surface area (Å²) in [5.74, 6) is 1.78. The maximum atomic E-state index is 4.64. The summed E-state index contributed by atoms with van der Waals surface area (Å²) in [5.41, 5.74) is 0. The van der Waals surface area contributed by atoms with Crippen LogP contribution in [0.4, 0.5) is 11.8 Å². The van der Waals surface area contributed by atoms with Crippen LogP contribution >= 0.6 is 0 Å². The average Bonchev–Trinajstić information content (AvgIpc) is 2.52. The van der Waals surface area contributed by atoms with Crippen LogP contribution in [-0.4, -0.2) is 79.7 Å². The van der Waals surface area contributed by atoms with Crippen molar-refractivity contribution in [2.45, 2.75) is 13.3 Å². The third-order valence-corrected chi connectivity index (χ3v) is 3.83. The van der Waals surface area contributed by atoms with Gasteiger partial charge in [-0.1, -0.05) is 6.92 Å². The molecule has 1 fully saturated rings. The van der Waals surface area contributed by atoms with Crippen molar-refractivity contribution in [1.82, 2.24) is 19.8 Å². The molecule has 0 saturated carbocycles. The highest BCUT2D eigenvalue weighted by Gasteiger charge is 2.17. The van der Waals surface area contributed by atoms with E-state index in [1.807, 2.05) is 12.3 Å². The van der Waals surface area contributed by atoms with Gasteiger partial charge in [-0.05, 0) is 39.7 Å². The van der Waals surface area contributed by atoms with Crippen molar-refractivity contribution < 1.29 is 0 Å². The molecule has 0 unspecified atom stereocenters. The Balaban J connectivity index is 1.83. The summed E-state index contributed by atoms with van der Waals surface area (Å²) in [6.45, 7) is 9.59. The number of anilines is 2. The zero-order valence-corrected chi connectivity index (χ0v) is 13.5. The Morgan fingerprint density at radius 1 is 1.24 bits per heavy atom. The van der Waals surface area contributed by atoms with Crippen molar-refractivity contribution in [2.24, 2.45) is 0 Å². The monoisotopic (exact) mass is 292 g/mol. The molecule has 21 heavy (non-hydrogen) atoms. The van der Waals surface area contributed by atoms with Crippen LogP contribution in [0.3, 0.4) is 0 Å². The molecule has 1 aliphatic heterocycles. The molecule has 0 radical (unpaired) electrons. The van der Waals surface area contributed by atoms with Gasteiger partial charge in [0.05, 0.1) is 0 Å². The van der Waals surface area contributed by atoms with Crippen LogP contribution in [-0.2, 0) is 0 Å². The van der Waals surface area contributed by atoms with Gasteiger partial charge in [-0.3, -0.25) is 0 Å². The van der Waals surface area contributed by atoms with Crippen LogP contribution in [0.15, 0.2) is 12.3 Å².